The van der Waals surface area contributed by atoms with E-state index in [1.54, 1.807) is 7.11 Å². The van der Waals surface area contributed by atoms with Crippen LogP contribution in [0, 0.1) is 0 Å². The molecule has 0 amide bonds. The van der Waals surface area contributed by atoms with Crippen molar-refractivity contribution in [3.8, 4) is 0 Å². The number of rotatable bonds is 5. The number of ether oxygens (including phenoxy) is 1. The first-order valence-corrected chi connectivity index (χ1v) is 6.80. The van der Waals surface area contributed by atoms with Gasteiger partial charge in [-0.25, -0.2) is 4.98 Å². The van der Waals surface area contributed by atoms with E-state index in [1.807, 2.05) is 0 Å². The summed E-state index contributed by atoms with van der Waals surface area (Å²) in [7, 11) is 1.77. The quantitative estimate of drug-likeness (QED) is 0.865. The molecule has 0 bridgehead atoms. The summed E-state index contributed by atoms with van der Waals surface area (Å²) in [4.78, 5) is 4.55. The molecule has 0 aliphatic heterocycles. The lowest BCUT2D eigenvalue weighted by Gasteiger charge is -2.19. The highest BCUT2D eigenvalue weighted by Crippen LogP contribution is 2.24. The van der Waals surface area contributed by atoms with Crippen LogP contribution in [0.3, 0.4) is 0 Å². The molecule has 0 saturated heterocycles. The van der Waals surface area contributed by atoms with Crippen LogP contribution in [0.25, 0.3) is 0 Å². The summed E-state index contributed by atoms with van der Waals surface area (Å²) in [5.74, 6) is 0.637. The number of anilines is 1. The summed E-state index contributed by atoms with van der Waals surface area (Å²) in [6.45, 7) is 4.18. The molecule has 1 N–H and O–H groups in total. The topological polar surface area (TPSA) is 59.9 Å². The lowest BCUT2D eigenvalue weighted by Crippen LogP contribution is -2.30. The van der Waals surface area contributed by atoms with Crippen molar-refractivity contribution in [2.24, 2.45) is 0 Å². The second-order valence-corrected chi connectivity index (χ2v) is 4.69. The predicted octanol–water partition coefficient (Wildman–Crippen LogP) is 1.98. The van der Waals surface area contributed by atoms with Gasteiger partial charge in [-0.05, 0) is 32.1 Å². The Bertz CT molecular complexity index is 397. The van der Waals surface area contributed by atoms with Crippen LogP contribution in [-0.4, -0.2) is 34.4 Å². The Morgan fingerprint density at radius 3 is 2.61 bits per heavy atom. The van der Waals surface area contributed by atoms with Gasteiger partial charge in [0.2, 0.25) is 5.95 Å². The summed E-state index contributed by atoms with van der Waals surface area (Å²) in [6, 6.07) is 0.314. The molecule has 1 aliphatic carbocycles. The van der Waals surface area contributed by atoms with Gasteiger partial charge in [0.05, 0.1) is 23.5 Å². The molecule has 5 nitrogen and oxygen atoms in total. The normalized spacial score (nSPS) is 23.3. The van der Waals surface area contributed by atoms with Crippen molar-refractivity contribution in [2.75, 3.05) is 12.4 Å². The minimum atomic E-state index is 0.268. The lowest BCUT2D eigenvalue weighted by atomic mass is 10.2. The van der Waals surface area contributed by atoms with Gasteiger partial charge in [0.15, 0.2) is 0 Å². The molecule has 2 unspecified atom stereocenters. The molecule has 1 fully saturated rings. The zero-order valence-corrected chi connectivity index (χ0v) is 11.4. The van der Waals surface area contributed by atoms with Gasteiger partial charge in [-0.15, -0.1) is 5.10 Å². The van der Waals surface area contributed by atoms with Crippen LogP contribution in [0.15, 0.2) is 0 Å². The van der Waals surface area contributed by atoms with Crippen LogP contribution in [-0.2, 0) is 17.6 Å². The number of methoxy groups -OCH3 is 1. The van der Waals surface area contributed by atoms with E-state index in [0.29, 0.717) is 12.0 Å². The van der Waals surface area contributed by atoms with Gasteiger partial charge in [-0.2, -0.15) is 5.10 Å². The van der Waals surface area contributed by atoms with Gasteiger partial charge in [0.25, 0.3) is 0 Å². The Labute approximate surface area is 108 Å². The zero-order valence-electron chi connectivity index (χ0n) is 11.4. The van der Waals surface area contributed by atoms with Crippen LogP contribution in [0.5, 0.6) is 0 Å². The van der Waals surface area contributed by atoms with E-state index in [0.717, 1.165) is 37.1 Å². The van der Waals surface area contributed by atoms with Gasteiger partial charge >= 0.3 is 0 Å². The first kappa shape index (κ1) is 13.2. The third-order valence-electron chi connectivity index (χ3n) is 3.58. The standard InChI is InChI=1S/C13H22N4O/c1-4-9-10(5-2)16-17-13(14-9)15-11-7-6-8-12(11)18-3/h11-12H,4-8H2,1-3H3,(H,14,15,17). The minimum absolute atomic E-state index is 0.268. The van der Waals surface area contributed by atoms with Gasteiger partial charge in [0.1, 0.15) is 0 Å². The Kier molecular flexibility index (Phi) is 4.47. The molecule has 100 valence electrons. The number of aromatic nitrogens is 3. The number of hydrogen-bond donors (Lipinski definition) is 1. The van der Waals surface area contributed by atoms with Crippen LogP contribution in [0.4, 0.5) is 5.95 Å². The molecule has 1 aromatic rings. The molecule has 1 aliphatic rings. The van der Waals surface area contributed by atoms with Crippen molar-refractivity contribution in [3.63, 3.8) is 0 Å². The van der Waals surface area contributed by atoms with Crippen molar-refractivity contribution >= 4 is 5.95 Å². The fourth-order valence-corrected chi connectivity index (χ4v) is 2.54. The van der Waals surface area contributed by atoms with Gasteiger partial charge in [-0.1, -0.05) is 13.8 Å². The molecule has 0 radical (unpaired) electrons. The number of aryl methyl sites for hydroxylation is 2. The van der Waals surface area contributed by atoms with Crippen molar-refractivity contribution in [1.82, 2.24) is 15.2 Å². The average molecular weight is 250 g/mol. The fraction of sp³-hybridized carbons (Fsp3) is 0.769. The number of hydrogen-bond acceptors (Lipinski definition) is 5. The third-order valence-corrected chi connectivity index (χ3v) is 3.58. The zero-order chi connectivity index (χ0) is 13.0. The van der Waals surface area contributed by atoms with E-state index in [4.69, 9.17) is 4.74 Å². The number of nitrogens with one attached hydrogen (secondary N) is 1. The lowest BCUT2D eigenvalue weighted by molar-refractivity contribution is 0.101. The second-order valence-electron chi connectivity index (χ2n) is 4.69. The maximum Gasteiger partial charge on any atom is 0.243 e. The molecule has 2 rings (SSSR count). The molecular formula is C13H22N4O. The highest BCUT2D eigenvalue weighted by atomic mass is 16.5. The summed E-state index contributed by atoms with van der Waals surface area (Å²) >= 11 is 0. The van der Waals surface area contributed by atoms with Crippen molar-refractivity contribution in [1.29, 1.82) is 0 Å². The first-order chi connectivity index (χ1) is 8.78. The van der Waals surface area contributed by atoms with E-state index < -0.39 is 0 Å². The van der Waals surface area contributed by atoms with Gasteiger partial charge < -0.3 is 10.1 Å². The van der Waals surface area contributed by atoms with Crippen LogP contribution < -0.4 is 5.32 Å². The smallest absolute Gasteiger partial charge is 0.243 e. The molecule has 1 saturated carbocycles. The largest absolute Gasteiger partial charge is 0.379 e. The summed E-state index contributed by atoms with van der Waals surface area (Å²) in [5.41, 5.74) is 2.04. The van der Waals surface area contributed by atoms with Crippen LogP contribution in [0.2, 0.25) is 0 Å². The first-order valence-electron chi connectivity index (χ1n) is 6.80. The van der Waals surface area contributed by atoms with Crippen molar-refractivity contribution < 1.29 is 4.74 Å². The summed E-state index contributed by atoms with van der Waals surface area (Å²) in [5, 5.41) is 11.8. The van der Waals surface area contributed by atoms with Gasteiger partial charge in [0, 0.05) is 7.11 Å². The maximum atomic E-state index is 5.46. The second kappa shape index (κ2) is 6.09. The summed E-state index contributed by atoms with van der Waals surface area (Å²) < 4.78 is 5.46. The Hall–Kier alpha value is -1.23. The van der Waals surface area contributed by atoms with Crippen LogP contribution >= 0.6 is 0 Å². The van der Waals surface area contributed by atoms with Crippen molar-refractivity contribution in [3.05, 3.63) is 11.4 Å². The van der Waals surface area contributed by atoms with E-state index in [2.05, 4.69) is 34.3 Å². The Morgan fingerprint density at radius 1 is 1.17 bits per heavy atom. The highest BCUT2D eigenvalue weighted by Gasteiger charge is 2.27. The predicted molar refractivity (Wildman–Crippen MR) is 70.6 cm³/mol. The van der Waals surface area contributed by atoms with Gasteiger partial charge in [-0.3, -0.25) is 0 Å². The minimum Gasteiger partial charge on any atom is -0.379 e. The van der Waals surface area contributed by atoms with Crippen LogP contribution in [0.1, 0.15) is 44.5 Å². The SMILES string of the molecule is CCc1nnc(NC2CCCC2OC)nc1CC. The van der Waals surface area contributed by atoms with E-state index in [9.17, 15) is 0 Å². The fourth-order valence-electron chi connectivity index (χ4n) is 2.54. The molecular weight excluding hydrogens is 228 g/mol. The molecule has 0 spiro atoms. The highest BCUT2D eigenvalue weighted by molar-refractivity contribution is 5.28. The molecule has 0 aromatic carbocycles. The molecule has 5 heteroatoms. The molecule has 18 heavy (non-hydrogen) atoms. The molecule has 1 heterocycles. The van der Waals surface area contributed by atoms with E-state index in [-0.39, 0.29) is 6.10 Å². The average Bonchev–Trinajstić information content (AvgIpc) is 2.85. The number of nitrogens with zero attached hydrogens (tertiary/aromatic N) is 3. The third kappa shape index (κ3) is 2.77. The van der Waals surface area contributed by atoms with E-state index >= 15 is 0 Å². The van der Waals surface area contributed by atoms with Crippen molar-refractivity contribution in [2.45, 2.75) is 58.1 Å². The maximum absolute atomic E-state index is 5.46. The van der Waals surface area contributed by atoms with E-state index in [1.165, 1.54) is 6.42 Å². The Balaban J connectivity index is 2.09. The molecule has 2 atom stereocenters. The summed E-state index contributed by atoms with van der Waals surface area (Å²) in [6.07, 6.45) is 5.45. The molecule has 1 aromatic heterocycles. The monoisotopic (exact) mass is 250 g/mol. The Morgan fingerprint density at radius 2 is 1.94 bits per heavy atom.